The summed E-state index contributed by atoms with van der Waals surface area (Å²) in [5, 5.41) is -0.120. The molecule has 1 aromatic rings. The van der Waals surface area contributed by atoms with Crippen LogP contribution in [-0.4, -0.2) is 4.98 Å². The Morgan fingerprint density at radius 2 is 2.15 bits per heavy atom. The van der Waals surface area contributed by atoms with Gasteiger partial charge in [-0.1, -0.05) is 11.6 Å². The van der Waals surface area contributed by atoms with Crippen molar-refractivity contribution < 1.29 is 13.2 Å². The highest BCUT2D eigenvalue weighted by molar-refractivity contribution is 6.31. The molecule has 0 aliphatic rings. The average Bonchev–Trinajstić information content (AvgIpc) is 2.03. The number of nitrogens with two attached hydrogens (primary N) is 1. The Bertz CT molecular complexity index is 294. The largest absolute Gasteiger partial charge is 0.326 e. The molecule has 1 rings (SSSR count). The molecule has 2 nitrogen and oxygen atoms in total. The van der Waals surface area contributed by atoms with Gasteiger partial charge in [-0.25, -0.2) is 13.8 Å². The van der Waals surface area contributed by atoms with Crippen LogP contribution < -0.4 is 5.73 Å². The SMILES string of the molecule is NCc1c(Cl)cc(C(F)F)nc1F. The number of nitrogens with zero attached hydrogens (tertiary/aromatic N) is 1. The Morgan fingerprint density at radius 3 is 2.54 bits per heavy atom. The van der Waals surface area contributed by atoms with Crippen LogP contribution in [0.4, 0.5) is 13.2 Å². The number of pyridine rings is 1. The molecule has 0 fully saturated rings. The predicted molar refractivity (Wildman–Crippen MR) is 42.1 cm³/mol. The molecule has 0 bridgehead atoms. The van der Waals surface area contributed by atoms with Crippen LogP contribution in [-0.2, 0) is 6.54 Å². The molecule has 0 atom stereocenters. The van der Waals surface area contributed by atoms with E-state index in [0.29, 0.717) is 0 Å². The van der Waals surface area contributed by atoms with Crippen molar-refractivity contribution in [3.63, 3.8) is 0 Å². The summed E-state index contributed by atoms with van der Waals surface area (Å²) in [6.45, 7) is -0.165. The standard InChI is InChI=1S/C7H6ClF3N2/c8-4-1-5(6(9)10)13-7(11)3(4)2-12/h1,6H,2,12H2. The molecule has 1 heterocycles. The monoisotopic (exact) mass is 210 g/mol. The molecule has 72 valence electrons. The van der Waals surface area contributed by atoms with Gasteiger partial charge in [-0.3, -0.25) is 0 Å². The van der Waals surface area contributed by atoms with Gasteiger partial charge in [0.25, 0.3) is 6.43 Å². The fourth-order valence-corrected chi connectivity index (χ4v) is 1.09. The summed E-state index contributed by atoms with van der Waals surface area (Å²) in [6.07, 6.45) is -2.83. The predicted octanol–water partition coefficient (Wildman–Crippen LogP) is 2.27. The minimum absolute atomic E-state index is 0.0499. The van der Waals surface area contributed by atoms with Gasteiger partial charge in [0, 0.05) is 12.1 Å². The van der Waals surface area contributed by atoms with Crippen LogP contribution in [0.5, 0.6) is 0 Å². The highest BCUT2D eigenvalue weighted by Crippen LogP contribution is 2.24. The molecule has 0 amide bonds. The van der Waals surface area contributed by atoms with E-state index in [1.165, 1.54) is 0 Å². The summed E-state index contributed by atoms with van der Waals surface area (Å²) in [6, 6.07) is 0.914. The number of hydrogen-bond donors (Lipinski definition) is 1. The lowest BCUT2D eigenvalue weighted by Gasteiger charge is -2.04. The molecule has 6 heteroatoms. The Morgan fingerprint density at radius 1 is 1.54 bits per heavy atom. The van der Waals surface area contributed by atoms with E-state index >= 15 is 0 Å². The first kappa shape index (κ1) is 10.3. The zero-order chi connectivity index (χ0) is 10.0. The number of halogens is 4. The first-order chi connectivity index (χ1) is 6.06. The second-order valence-corrected chi connectivity index (χ2v) is 2.71. The van der Waals surface area contributed by atoms with E-state index in [1.807, 2.05) is 0 Å². The summed E-state index contributed by atoms with van der Waals surface area (Å²) < 4.78 is 37.0. The molecule has 0 spiro atoms. The fraction of sp³-hybridized carbons (Fsp3) is 0.286. The van der Waals surface area contributed by atoms with Crippen molar-refractivity contribution in [1.29, 1.82) is 0 Å². The van der Waals surface area contributed by atoms with E-state index in [4.69, 9.17) is 17.3 Å². The Kier molecular flexibility index (Phi) is 3.11. The summed E-state index contributed by atoms with van der Waals surface area (Å²) >= 11 is 5.49. The Labute approximate surface area is 77.5 Å². The molecule has 1 aromatic heterocycles. The fourth-order valence-electron chi connectivity index (χ4n) is 0.822. The highest BCUT2D eigenvalue weighted by Gasteiger charge is 2.15. The number of aromatic nitrogens is 1. The van der Waals surface area contributed by atoms with Crippen LogP contribution in [0.3, 0.4) is 0 Å². The maximum atomic E-state index is 12.9. The molecule has 0 saturated carbocycles. The van der Waals surface area contributed by atoms with Gasteiger partial charge < -0.3 is 5.73 Å². The molecule has 13 heavy (non-hydrogen) atoms. The first-order valence-electron chi connectivity index (χ1n) is 3.39. The molecule has 0 aliphatic heterocycles. The highest BCUT2D eigenvalue weighted by atomic mass is 35.5. The van der Waals surface area contributed by atoms with Gasteiger partial charge in [-0.2, -0.15) is 4.39 Å². The maximum absolute atomic E-state index is 12.9. The van der Waals surface area contributed by atoms with Crippen molar-refractivity contribution in [2.24, 2.45) is 5.73 Å². The van der Waals surface area contributed by atoms with E-state index in [1.54, 1.807) is 0 Å². The molecule has 0 aromatic carbocycles. The number of hydrogen-bond acceptors (Lipinski definition) is 2. The van der Waals surface area contributed by atoms with Crippen molar-refractivity contribution in [1.82, 2.24) is 4.98 Å². The van der Waals surface area contributed by atoms with Crippen molar-refractivity contribution in [2.45, 2.75) is 13.0 Å². The maximum Gasteiger partial charge on any atom is 0.280 e. The van der Waals surface area contributed by atoms with Crippen LogP contribution in [0, 0.1) is 5.95 Å². The minimum Gasteiger partial charge on any atom is -0.326 e. The summed E-state index contributed by atoms with van der Waals surface area (Å²) in [4.78, 5) is 3.02. The topological polar surface area (TPSA) is 38.9 Å². The smallest absolute Gasteiger partial charge is 0.280 e. The van der Waals surface area contributed by atoms with Crippen molar-refractivity contribution in [3.8, 4) is 0 Å². The molecule has 2 N–H and O–H groups in total. The van der Waals surface area contributed by atoms with Crippen LogP contribution in [0.1, 0.15) is 17.7 Å². The van der Waals surface area contributed by atoms with Gasteiger partial charge in [-0.05, 0) is 6.07 Å². The molecular formula is C7H6ClF3N2. The van der Waals surface area contributed by atoms with Gasteiger partial charge in [0.1, 0.15) is 5.69 Å². The van der Waals surface area contributed by atoms with Crippen molar-refractivity contribution >= 4 is 11.6 Å². The van der Waals surface area contributed by atoms with E-state index in [2.05, 4.69) is 4.98 Å². The molecule has 0 unspecified atom stereocenters. The van der Waals surface area contributed by atoms with E-state index < -0.39 is 18.1 Å². The Hall–Kier alpha value is -0.810. The van der Waals surface area contributed by atoms with Gasteiger partial charge in [0.2, 0.25) is 5.95 Å². The normalized spacial score (nSPS) is 10.9. The molecule has 0 aliphatic carbocycles. The Balaban J connectivity index is 3.20. The third-order valence-corrected chi connectivity index (χ3v) is 1.80. The number of rotatable bonds is 2. The molecular weight excluding hydrogens is 205 g/mol. The summed E-state index contributed by atoms with van der Waals surface area (Å²) in [5.74, 6) is -1.04. The molecule has 0 saturated heterocycles. The van der Waals surface area contributed by atoms with Crippen LogP contribution in [0.15, 0.2) is 6.07 Å². The summed E-state index contributed by atoms with van der Waals surface area (Å²) in [5.41, 5.74) is 4.39. The van der Waals surface area contributed by atoms with Gasteiger partial charge >= 0.3 is 0 Å². The average molecular weight is 211 g/mol. The van der Waals surface area contributed by atoms with Gasteiger partial charge in [0.15, 0.2) is 0 Å². The lowest BCUT2D eigenvalue weighted by molar-refractivity contribution is 0.144. The summed E-state index contributed by atoms with van der Waals surface area (Å²) in [7, 11) is 0. The van der Waals surface area contributed by atoms with E-state index in [0.717, 1.165) is 6.07 Å². The van der Waals surface area contributed by atoms with Crippen LogP contribution >= 0.6 is 11.6 Å². The van der Waals surface area contributed by atoms with Gasteiger partial charge in [-0.15, -0.1) is 0 Å². The zero-order valence-corrected chi connectivity index (χ0v) is 7.15. The van der Waals surface area contributed by atoms with Crippen molar-refractivity contribution in [2.75, 3.05) is 0 Å². The van der Waals surface area contributed by atoms with Crippen LogP contribution in [0.2, 0.25) is 5.02 Å². The van der Waals surface area contributed by atoms with Gasteiger partial charge in [0.05, 0.1) is 5.02 Å². The van der Waals surface area contributed by atoms with E-state index in [-0.39, 0.29) is 17.1 Å². The zero-order valence-electron chi connectivity index (χ0n) is 6.40. The second-order valence-electron chi connectivity index (χ2n) is 2.30. The quantitative estimate of drug-likeness (QED) is 0.761. The van der Waals surface area contributed by atoms with E-state index in [9.17, 15) is 13.2 Å². The first-order valence-corrected chi connectivity index (χ1v) is 3.77. The number of alkyl halides is 2. The van der Waals surface area contributed by atoms with Crippen LogP contribution in [0.25, 0.3) is 0 Å². The third-order valence-electron chi connectivity index (χ3n) is 1.47. The minimum atomic E-state index is -2.83. The molecule has 0 radical (unpaired) electrons. The lowest BCUT2D eigenvalue weighted by atomic mass is 10.2. The second kappa shape index (κ2) is 3.93. The van der Waals surface area contributed by atoms with Crippen molar-refractivity contribution in [3.05, 3.63) is 28.3 Å². The third kappa shape index (κ3) is 2.10. The lowest BCUT2D eigenvalue weighted by Crippen LogP contribution is -2.05.